The zero-order valence-corrected chi connectivity index (χ0v) is 17.0. The fourth-order valence-corrected chi connectivity index (χ4v) is 2.94. The Morgan fingerprint density at radius 1 is 1.08 bits per heavy atom. The van der Waals surface area contributed by atoms with Crippen LogP contribution in [0.5, 0.6) is 11.5 Å². The molecule has 1 atom stereocenters. The van der Waals surface area contributed by atoms with E-state index in [2.05, 4.69) is 0 Å². The first-order valence-corrected chi connectivity index (χ1v) is 8.78. The van der Waals surface area contributed by atoms with Crippen LogP contribution >= 0.6 is 0 Å². The molecule has 1 saturated heterocycles. The molecule has 6 nitrogen and oxygen atoms in total. The van der Waals surface area contributed by atoms with E-state index in [1.54, 1.807) is 14.2 Å². The van der Waals surface area contributed by atoms with E-state index >= 15 is 0 Å². The monoisotopic (exact) mass is 364 g/mol. The van der Waals surface area contributed by atoms with Gasteiger partial charge in [0.2, 0.25) is 0 Å². The summed E-state index contributed by atoms with van der Waals surface area (Å²) in [7, 11) is 2.64. The van der Waals surface area contributed by atoms with Crippen LogP contribution in [-0.4, -0.2) is 44.6 Å². The summed E-state index contributed by atoms with van der Waals surface area (Å²) in [4.78, 5) is 11.3. The molecule has 26 heavy (non-hydrogen) atoms. The highest BCUT2D eigenvalue weighted by Gasteiger charge is 2.52. The third kappa shape index (κ3) is 4.15. The molecule has 1 aromatic carbocycles. The van der Waals surface area contributed by atoms with Crippen LogP contribution in [0.25, 0.3) is 0 Å². The molecule has 0 unspecified atom stereocenters. The summed E-state index contributed by atoms with van der Waals surface area (Å²) in [5.74, 6) is 0.897. The van der Waals surface area contributed by atoms with Gasteiger partial charge in [0.15, 0.2) is 11.5 Å². The van der Waals surface area contributed by atoms with Gasteiger partial charge in [-0.25, -0.2) is 0 Å². The summed E-state index contributed by atoms with van der Waals surface area (Å²) >= 11 is 0. The van der Waals surface area contributed by atoms with Gasteiger partial charge in [0.05, 0.1) is 25.4 Å². The van der Waals surface area contributed by atoms with E-state index in [1.807, 2.05) is 46.8 Å². The van der Waals surface area contributed by atoms with Gasteiger partial charge in [-0.15, -0.1) is 0 Å². The van der Waals surface area contributed by atoms with E-state index in [-0.39, 0.29) is 12.1 Å². The topological polar surface area (TPSA) is 63.2 Å². The minimum absolute atomic E-state index is 0.285. The van der Waals surface area contributed by atoms with Crippen LogP contribution in [0.4, 0.5) is 0 Å². The number of esters is 1. The summed E-state index contributed by atoms with van der Waals surface area (Å²) < 4.78 is 28.6. The molecule has 1 aliphatic rings. The highest BCUT2D eigenvalue weighted by molar-refractivity contribution is 6.62. The van der Waals surface area contributed by atoms with Crippen LogP contribution in [0.3, 0.4) is 0 Å². The molecule has 144 valence electrons. The molecule has 0 amide bonds. The van der Waals surface area contributed by atoms with E-state index in [1.165, 1.54) is 6.92 Å². The van der Waals surface area contributed by atoms with Crippen molar-refractivity contribution in [2.24, 2.45) is 0 Å². The minimum atomic E-state index is -0.542. The maximum absolute atomic E-state index is 11.3. The first-order chi connectivity index (χ1) is 12.0. The number of methoxy groups -OCH3 is 2. The molecule has 0 saturated carbocycles. The van der Waals surface area contributed by atoms with Crippen molar-refractivity contribution in [2.75, 3.05) is 14.2 Å². The van der Waals surface area contributed by atoms with Gasteiger partial charge in [0, 0.05) is 13.3 Å². The van der Waals surface area contributed by atoms with Gasteiger partial charge in [-0.1, -0.05) is 0 Å². The van der Waals surface area contributed by atoms with Crippen molar-refractivity contribution >= 4 is 18.6 Å². The van der Waals surface area contributed by atoms with Crippen molar-refractivity contribution in [3.05, 3.63) is 17.7 Å². The Balaban J connectivity index is 2.44. The number of carbonyl (C=O) groups excluding carboxylic acids is 1. The Labute approximate surface area is 156 Å². The first-order valence-electron chi connectivity index (χ1n) is 8.78. The van der Waals surface area contributed by atoms with Crippen molar-refractivity contribution in [3.63, 3.8) is 0 Å². The number of carbonyl (C=O) groups is 1. The van der Waals surface area contributed by atoms with Crippen LogP contribution < -0.4 is 14.9 Å². The lowest BCUT2D eigenvalue weighted by Crippen LogP contribution is -2.41. The van der Waals surface area contributed by atoms with E-state index in [4.69, 9.17) is 23.5 Å². The van der Waals surface area contributed by atoms with E-state index in [0.29, 0.717) is 17.9 Å². The standard InChI is InChI=1S/C19H29BO6/c1-12(24-13(2)21)9-14-10-16(22-7)17(23-8)11-15(14)20-25-18(3,4)19(5,6)26-20/h10-12H,9H2,1-8H3/t12-/m1/s1. The Hall–Kier alpha value is -1.73. The van der Waals surface area contributed by atoms with Crippen molar-refractivity contribution < 1.29 is 28.3 Å². The lowest BCUT2D eigenvalue weighted by Gasteiger charge is -2.32. The molecule has 1 heterocycles. The molecule has 0 bridgehead atoms. The first kappa shape index (κ1) is 20.6. The minimum Gasteiger partial charge on any atom is -0.493 e. The zero-order valence-electron chi connectivity index (χ0n) is 17.0. The fraction of sp³-hybridized carbons (Fsp3) is 0.632. The maximum Gasteiger partial charge on any atom is 0.495 e. The Morgan fingerprint density at radius 3 is 2.04 bits per heavy atom. The van der Waals surface area contributed by atoms with Gasteiger partial charge in [-0.2, -0.15) is 0 Å². The highest BCUT2D eigenvalue weighted by atomic mass is 16.7. The van der Waals surface area contributed by atoms with E-state index in [0.717, 1.165) is 11.0 Å². The normalized spacial score (nSPS) is 19.2. The van der Waals surface area contributed by atoms with Gasteiger partial charge in [0.25, 0.3) is 0 Å². The average Bonchev–Trinajstić information content (AvgIpc) is 2.73. The molecule has 0 aromatic heterocycles. The van der Waals surface area contributed by atoms with Crippen LogP contribution in [0.1, 0.15) is 47.1 Å². The lowest BCUT2D eigenvalue weighted by molar-refractivity contribution is -0.145. The predicted octanol–water partition coefficient (Wildman–Crippen LogP) is 2.50. The number of rotatable bonds is 6. The second kappa shape index (κ2) is 7.49. The fourth-order valence-electron chi connectivity index (χ4n) is 2.94. The smallest absolute Gasteiger partial charge is 0.493 e. The largest absolute Gasteiger partial charge is 0.495 e. The molecular weight excluding hydrogens is 335 g/mol. The Kier molecular flexibility index (Phi) is 5.93. The summed E-state index contributed by atoms with van der Waals surface area (Å²) in [6.07, 6.45) is 0.228. The highest BCUT2D eigenvalue weighted by Crippen LogP contribution is 2.38. The summed E-state index contributed by atoms with van der Waals surface area (Å²) in [5, 5.41) is 0. The zero-order chi connectivity index (χ0) is 19.7. The Morgan fingerprint density at radius 2 is 1.58 bits per heavy atom. The van der Waals surface area contributed by atoms with Crippen LogP contribution in [0.15, 0.2) is 12.1 Å². The molecule has 2 rings (SSSR count). The summed E-state index contributed by atoms with van der Waals surface area (Å²) in [5.41, 5.74) is 0.864. The van der Waals surface area contributed by atoms with Crippen LogP contribution in [0, 0.1) is 0 Å². The van der Waals surface area contributed by atoms with Gasteiger partial charge in [-0.3, -0.25) is 4.79 Å². The maximum atomic E-state index is 11.3. The summed E-state index contributed by atoms with van der Waals surface area (Å²) in [6, 6.07) is 3.76. The molecule has 0 spiro atoms. The second-order valence-electron chi connectivity index (χ2n) is 7.62. The predicted molar refractivity (Wildman–Crippen MR) is 100 cm³/mol. The number of hydrogen-bond acceptors (Lipinski definition) is 6. The second-order valence-corrected chi connectivity index (χ2v) is 7.62. The van der Waals surface area contributed by atoms with Gasteiger partial charge >= 0.3 is 13.1 Å². The molecule has 1 fully saturated rings. The third-order valence-corrected chi connectivity index (χ3v) is 5.03. The molecule has 1 aliphatic heterocycles. The van der Waals surface area contributed by atoms with Gasteiger partial charge in [-0.05, 0) is 57.8 Å². The van der Waals surface area contributed by atoms with Gasteiger partial charge in [0.1, 0.15) is 6.10 Å². The molecule has 0 aliphatic carbocycles. The average molecular weight is 364 g/mol. The van der Waals surface area contributed by atoms with Crippen molar-refractivity contribution in [3.8, 4) is 11.5 Å². The number of ether oxygens (including phenoxy) is 3. The quantitative estimate of drug-likeness (QED) is 0.571. The molecule has 1 aromatic rings. The van der Waals surface area contributed by atoms with Crippen molar-refractivity contribution in [1.29, 1.82) is 0 Å². The van der Waals surface area contributed by atoms with Gasteiger partial charge < -0.3 is 23.5 Å². The van der Waals surface area contributed by atoms with Crippen LogP contribution in [-0.2, 0) is 25.3 Å². The molecule has 0 radical (unpaired) electrons. The van der Waals surface area contributed by atoms with E-state index < -0.39 is 18.3 Å². The van der Waals surface area contributed by atoms with Crippen molar-refractivity contribution in [2.45, 2.75) is 65.3 Å². The third-order valence-electron chi connectivity index (χ3n) is 5.03. The molecule has 7 heteroatoms. The molecule has 0 N–H and O–H groups in total. The van der Waals surface area contributed by atoms with E-state index in [9.17, 15) is 4.79 Å². The van der Waals surface area contributed by atoms with Crippen molar-refractivity contribution in [1.82, 2.24) is 0 Å². The number of hydrogen-bond donors (Lipinski definition) is 0. The molecular formula is C19H29BO6. The SMILES string of the molecule is COc1cc(C[C@@H](C)OC(C)=O)c(B2OC(C)(C)C(C)(C)O2)cc1OC. The lowest BCUT2D eigenvalue weighted by atomic mass is 9.74. The number of benzene rings is 1. The van der Waals surface area contributed by atoms with Crippen LogP contribution in [0.2, 0.25) is 0 Å². The Bertz CT molecular complexity index is 654. The summed E-state index contributed by atoms with van der Waals surface area (Å²) in [6.45, 7) is 11.3.